The Morgan fingerprint density at radius 2 is 1.24 bits per heavy atom. The minimum Gasteiger partial charge on any atom is -0.635 e. The molecule has 0 radical (unpaired) electrons. The van der Waals surface area contributed by atoms with Crippen LogP contribution in [0.3, 0.4) is 0 Å². The molecule has 3 nitrogen and oxygen atoms in total. The first kappa shape index (κ1) is 20.4. The van der Waals surface area contributed by atoms with E-state index >= 15 is 0 Å². The van der Waals surface area contributed by atoms with Gasteiger partial charge >= 0.3 is 6.62 Å². The van der Waals surface area contributed by atoms with Crippen LogP contribution in [0.25, 0.3) is 28.0 Å². The first-order valence-corrected chi connectivity index (χ1v) is 12.8. The average molecular weight is 474 g/mol. The van der Waals surface area contributed by atoms with E-state index < -0.39 is 6.62 Å². The molecule has 37 heavy (non-hydrogen) atoms. The fraction of sp³-hybridized carbons (Fsp3) is 0. The maximum atomic E-state index is 7.16. The van der Waals surface area contributed by atoms with Crippen molar-refractivity contribution in [2.24, 2.45) is 0 Å². The highest BCUT2D eigenvalue weighted by Crippen LogP contribution is 2.46. The van der Waals surface area contributed by atoms with E-state index in [2.05, 4.69) is 149 Å². The second-order valence-electron chi connectivity index (χ2n) is 9.82. The first-order chi connectivity index (χ1) is 18.3. The zero-order chi connectivity index (χ0) is 24.4. The highest BCUT2D eigenvalue weighted by atomic mass is 16.5. The molecule has 0 aliphatic carbocycles. The van der Waals surface area contributed by atoms with E-state index in [1.165, 1.54) is 33.7 Å². The van der Waals surface area contributed by atoms with Crippen LogP contribution in [0.5, 0.6) is 5.75 Å². The zero-order valence-corrected chi connectivity index (χ0v) is 20.2. The van der Waals surface area contributed by atoms with Gasteiger partial charge in [-0.3, -0.25) is 0 Å². The van der Waals surface area contributed by atoms with Crippen LogP contribution in [-0.2, 0) is 0 Å². The molecular weight excluding hydrogens is 451 g/mol. The van der Waals surface area contributed by atoms with Crippen molar-refractivity contribution >= 4 is 23.9 Å². The zero-order valence-electron chi connectivity index (χ0n) is 20.2. The molecule has 8 rings (SSSR count). The standard InChI is InChI=1S/C33H23BN2O/c1-3-10-24(11-4-1)25-17-19-27(20-18-25)34-35-23-9-15-30(35)33(26-12-5-2-6-13-26)31-22-21-29(36(31)34)28-14-7-8-16-32(28)37-34/h1-23H/t34-/m0/s1. The number of para-hydroxylation sites is 1. The normalized spacial score (nSPS) is 18.5. The molecule has 3 aliphatic rings. The molecule has 0 fully saturated rings. The van der Waals surface area contributed by atoms with Gasteiger partial charge < -0.3 is 13.6 Å². The van der Waals surface area contributed by atoms with Gasteiger partial charge in [-0.05, 0) is 41.0 Å². The second-order valence-corrected chi connectivity index (χ2v) is 9.82. The summed E-state index contributed by atoms with van der Waals surface area (Å²) < 4.78 is 12.0. The van der Waals surface area contributed by atoms with Gasteiger partial charge in [0.15, 0.2) is 5.70 Å². The maximum absolute atomic E-state index is 7.16. The number of benzene rings is 4. The molecule has 0 N–H and O–H groups in total. The molecule has 4 aromatic carbocycles. The van der Waals surface area contributed by atoms with E-state index in [1.807, 2.05) is 0 Å². The van der Waals surface area contributed by atoms with Crippen LogP contribution in [0.15, 0.2) is 139 Å². The molecule has 0 bridgehead atoms. The second kappa shape index (κ2) is 7.58. The van der Waals surface area contributed by atoms with E-state index in [0.29, 0.717) is 0 Å². The smallest absolute Gasteiger partial charge is 0.597 e. The average Bonchev–Trinajstić information content (AvgIpc) is 3.64. The van der Waals surface area contributed by atoms with E-state index in [0.717, 1.165) is 22.5 Å². The number of fused-ring (bicyclic) bond motifs is 4. The molecule has 1 atom stereocenters. The summed E-state index contributed by atoms with van der Waals surface area (Å²) in [7, 11) is 0. The molecule has 0 saturated heterocycles. The lowest BCUT2D eigenvalue weighted by Gasteiger charge is -2.47. The van der Waals surface area contributed by atoms with Crippen molar-refractivity contribution in [1.29, 1.82) is 0 Å². The fourth-order valence-electron chi connectivity index (χ4n) is 6.32. The summed E-state index contributed by atoms with van der Waals surface area (Å²) in [6.45, 7) is -1.82. The van der Waals surface area contributed by atoms with Crippen LogP contribution in [0.2, 0.25) is 0 Å². The minimum absolute atomic E-state index is 0.912. The monoisotopic (exact) mass is 474 g/mol. The Labute approximate surface area is 215 Å². The summed E-state index contributed by atoms with van der Waals surface area (Å²) in [4.78, 5) is 0. The molecule has 0 spiro atoms. The number of hydrogen-bond donors (Lipinski definition) is 0. The van der Waals surface area contributed by atoms with E-state index in [-0.39, 0.29) is 0 Å². The van der Waals surface area contributed by atoms with Crippen LogP contribution < -0.4 is 10.1 Å². The van der Waals surface area contributed by atoms with Crippen molar-refractivity contribution in [3.05, 3.63) is 150 Å². The lowest BCUT2D eigenvalue weighted by molar-refractivity contribution is -0.342. The Bertz CT molecular complexity index is 1780. The van der Waals surface area contributed by atoms with Crippen molar-refractivity contribution in [1.82, 2.24) is 4.48 Å². The first-order valence-electron chi connectivity index (χ1n) is 12.8. The molecule has 0 unspecified atom stereocenters. The summed E-state index contributed by atoms with van der Waals surface area (Å²) in [6.07, 6.45) is 6.52. The van der Waals surface area contributed by atoms with Gasteiger partial charge in [-0.15, -0.1) is 0 Å². The summed E-state index contributed by atoms with van der Waals surface area (Å²) in [5.41, 5.74) is 10.6. The van der Waals surface area contributed by atoms with Crippen molar-refractivity contribution < 1.29 is 9.14 Å². The van der Waals surface area contributed by atoms with Gasteiger partial charge in [-0.25, -0.2) is 0 Å². The van der Waals surface area contributed by atoms with Gasteiger partial charge in [0.25, 0.3) is 0 Å². The molecule has 5 aromatic rings. The molecular formula is C33H23BN2O. The Balaban J connectivity index is 1.42. The Morgan fingerprint density at radius 1 is 0.595 bits per heavy atom. The number of aromatic nitrogens is 1. The molecule has 4 heterocycles. The molecule has 4 heteroatoms. The van der Waals surface area contributed by atoms with Crippen LogP contribution in [0.1, 0.15) is 11.3 Å². The van der Waals surface area contributed by atoms with Gasteiger partial charge in [0, 0.05) is 29.1 Å². The summed E-state index contributed by atoms with van der Waals surface area (Å²) >= 11 is 0. The highest BCUT2D eigenvalue weighted by Gasteiger charge is 2.56. The number of allylic oxidation sites excluding steroid dienone is 2. The maximum Gasteiger partial charge on any atom is 0.597 e. The summed E-state index contributed by atoms with van der Waals surface area (Å²) in [6, 6.07) is 43.0. The quantitative estimate of drug-likeness (QED) is 0.279. The van der Waals surface area contributed by atoms with Gasteiger partial charge in [-0.2, -0.15) is 0 Å². The minimum atomic E-state index is -1.82. The topological polar surface area (TPSA) is 17.2 Å². The predicted octanol–water partition coefficient (Wildman–Crippen LogP) is 6.33. The van der Waals surface area contributed by atoms with E-state index in [1.54, 1.807) is 0 Å². The fourth-order valence-corrected chi connectivity index (χ4v) is 6.32. The molecule has 0 amide bonds. The van der Waals surface area contributed by atoms with Gasteiger partial charge in [0.05, 0.1) is 11.3 Å². The number of rotatable bonds is 3. The van der Waals surface area contributed by atoms with Gasteiger partial charge in [0.1, 0.15) is 6.21 Å². The Kier molecular flexibility index (Phi) is 4.18. The van der Waals surface area contributed by atoms with Crippen molar-refractivity contribution in [3.63, 3.8) is 0 Å². The van der Waals surface area contributed by atoms with Crippen molar-refractivity contribution in [3.8, 4) is 28.1 Å². The van der Waals surface area contributed by atoms with E-state index in [4.69, 9.17) is 4.65 Å². The Hall–Kier alpha value is -4.83. The molecule has 3 aliphatic heterocycles. The number of hydrogen-bond acceptors (Lipinski definition) is 1. The Morgan fingerprint density at radius 3 is 2.03 bits per heavy atom. The van der Waals surface area contributed by atoms with Gasteiger partial charge in [-0.1, -0.05) is 103 Å². The summed E-state index contributed by atoms with van der Waals surface area (Å²) in [5.74, 6) is 0.912. The highest BCUT2D eigenvalue weighted by molar-refractivity contribution is 6.80. The van der Waals surface area contributed by atoms with Crippen molar-refractivity contribution in [2.75, 3.05) is 0 Å². The third-order valence-corrected chi connectivity index (χ3v) is 7.91. The molecule has 0 saturated carbocycles. The van der Waals surface area contributed by atoms with Crippen LogP contribution in [0.4, 0.5) is 0 Å². The van der Waals surface area contributed by atoms with Crippen LogP contribution >= 0.6 is 0 Å². The van der Waals surface area contributed by atoms with Crippen molar-refractivity contribution in [2.45, 2.75) is 0 Å². The summed E-state index contributed by atoms with van der Waals surface area (Å²) in [5, 5.41) is 0. The lowest BCUT2D eigenvalue weighted by atomic mass is 9.54. The SMILES string of the molecule is C1=CC2=C(c3ccccc3)c3ccc4n3[B@@-](c3ccc(-c5ccccc5)cc3)(Oc3ccccc3-4)[N+]2=C1. The number of nitrogens with zero attached hydrogens (tertiary/aromatic N) is 2. The third kappa shape index (κ3) is 2.75. The predicted molar refractivity (Wildman–Crippen MR) is 151 cm³/mol. The van der Waals surface area contributed by atoms with Gasteiger partial charge in [0.2, 0.25) is 0 Å². The largest absolute Gasteiger partial charge is 0.635 e. The lowest BCUT2D eigenvalue weighted by Crippen LogP contribution is -2.70. The van der Waals surface area contributed by atoms with E-state index in [9.17, 15) is 0 Å². The van der Waals surface area contributed by atoms with Crippen LogP contribution in [0, 0.1) is 0 Å². The molecule has 174 valence electrons. The molecule has 1 aromatic heterocycles. The van der Waals surface area contributed by atoms with Crippen LogP contribution in [-0.4, -0.2) is 21.8 Å². The third-order valence-electron chi connectivity index (χ3n) is 7.91.